The summed E-state index contributed by atoms with van der Waals surface area (Å²) in [6, 6.07) is 8.80. The first-order valence-corrected chi connectivity index (χ1v) is 7.86. The normalized spacial score (nSPS) is 21.3. The Morgan fingerprint density at radius 2 is 2.09 bits per heavy atom. The lowest BCUT2D eigenvalue weighted by Crippen LogP contribution is -2.42. The summed E-state index contributed by atoms with van der Waals surface area (Å²) in [7, 11) is 0. The Morgan fingerprint density at radius 3 is 2.74 bits per heavy atom. The number of benzene rings is 1. The molecule has 120 valence electrons. The van der Waals surface area contributed by atoms with Crippen molar-refractivity contribution in [2.45, 2.75) is 31.8 Å². The lowest BCUT2D eigenvalue weighted by Gasteiger charge is -2.17. The summed E-state index contributed by atoms with van der Waals surface area (Å²) in [5, 5.41) is 14.6. The summed E-state index contributed by atoms with van der Waals surface area (Å²) in [4.78, 5) is 24.9. The van der Waals surface area contributed by atoms with Crippen LogP contribution in [0.1, 0.15) is 31.2 Å². The molecule has 2 fully saturated rings. The van der Waals surface area contributed by atoms with E-state index in [9.17, 15) is 9.59 Å². The van der Waals surface area contributed by atoms with Gasteiger partial charge in [0.25, 0.3) is 0 Å². The molecule has 1 heterocycles. The first-order chi connectivity index (χ1) is 11.2. The average molecular weight is 313 g/mol. The Bertz CT molecular complexity index is 655. The van der Waals surface area contributed by atoms with Crippen LogP contribution in [0.25, 0.3) is 0 Å². The summed E-state index contributed by atoms with van der Waals surface area (Å²) in [6.45, 7) is 1.18. The monoisotopic (exact) mass is 313 g/mol. The number of ether oxygens (including phenoxy) is 1. The van der Waals surface area contributed by atoms with Gasteiger partial charge in [-0.3, -0.25) is 9.59 Å². The van der Waals surface area contributed by atoms with Crippen LogP contribution in [-0.4, -0.2) is 31.1 Å². The van der Waals surface area contributed by atoms with Crippen molar-refractivity contribution >= 4 is 17.5 Å². The topological polar surface area (TPSA) is 91.2 Å². The van der Waals surface area contributed by atoms with Crippen molar-refractivity contribution in [2.75, 3.05) is 18.5 Å². The first kappa shape index (κ1) is 15.5. The molecule has 1 saturated carbocycles. The van der Waals surface area contributed by atoms with Gasteiger partial charge >= 0.3 is 0 Å². The first-order valence-electron chi connectivity index (χ1n) is 7.86. The van der Waals surface area contributed by atoms with Gasteiger partial charge in [0.2, 0.25) is 11.8 Å². The maximum absolute atomic E-state index is 12.5. The molecule has 6 nitrogen and oxygen atoms in total. The van der Waals surface area contributed by atoms with Gasteiger partial charge in [-0.2, -0.15) is 5.26 Å². The van der Waals surface area contributed by atoms with Gasteiger partial charge in [0.15, 0.2) is 0 Å². The van der Waals surface area contributed by atoms with Gasteiger partial charge < -0.3 is 15.4 Å². The molecule has 2 N–H and O–H groups in total. The van der Waals surface area contributed by atoms with E-state index in [1.807, 2.05) is 6.07 Å². The second-order valence-electron chi connectivity index (χ2n) is 6.04. The third-order valence-corrected chi connectivity index (χ3v) is 4.43. The minimum absolute atomic E-state index is 0.0529. The SMILES string of the molecule is N#Cc1ccccc1NC(=O)C1(C(=O)NCC2CCCO2)CC1. The fourth-order valence-electron chi connectivity index (χ4n) is 2.79. The van der Waals surface area contributed by atoms with Crippen molar-refractivity contribution in [1.29, 1.82) is 5.26 Å². The zero-order valence-electron chi connectivity index (χ0n) is 12.8. The molecule has 1 atom stereocenters. The van der Waals surface area contributed by atoms with Crippen molar-refractivity contribution in [3.8, 4) is 6.07 Å². The lowest BCUT2D eigenvalue weighted by atomic mass is 10.0. The highest BCUT2D eigenvalue weighted by molar-refractivity contribution is 6.13. The highest BCUT2D eigenvalue weighted by atomic mass is 16.5. The molecule has 1 saturated heterocycles. The molecule has 0 bridgehead atoms. The van der Waals surface area contributed by atoms with E-state index >= 15 is 0 Å². The van der Waals surface area contributed by atoms with Crippen LogP contribution in [0.2, 0.25) is 0 Å². The Kier molecular flexibility index (Phi) is 4.30. The van der Waals surface area contributed by atoms with E-state index in [1.165, 1.54) is 0 Å². The van der Waals surface area contributed by atoms with Crippen LogP contribution in [0, 0.1) is 16.7 Å². The molecule has 1 unspecified atom stereocenters. The molecule has 0 spiro atoms. The second kappa shape index (κ2) is 6.39. The Hall–Kier alpha value is -2.39. The molecule has 1 aromatic rings. The Morgan fingerprint density at radius 1 is 1.30 bits per heavy atom. The van der Waals surface area contributed by atoms with Crippen molar-refractivity contribution < 1.29 is 14.3 Å². The number of amides is 2. The van der Waals surface area contributed by atoms with E-state index < -0.39 is 5.41 Å². The van der Waals surface area contributed by atoms with Crippen LogP contribution in [0.3, 0.4) is 0 Å². The quantitative estimate of drug-likeness (QED) is 0.807. The van der Waals surface area contributed by atoms with Crippen LogP contribution < -0.4 is 10.6 Å². The maximum atomic E-state index is 12.5. The molecular weight excluding hydrogens is 294 g/mol. The van der Waals surface area contributed by atoms with E-state index in [0.717, 1.165) is 19.4 Å². The Labute approximate surface area is 134 Å². The third kappa shape index (κ3) is 3.20. The number of rotatable bonds is 5. The number of nitrogens with zero attached hydrogens (tertiary/aromatic N) is 1. The number of carbonyl (C=O) groups is 2. The van der Waals surface area contributed by atoms with Crippen molar-refractivity contribution in [3.63, 3.8) is 0 Å². The van der Waals surface area contributed by atoms with Crippen molar-refractivity contribution in [3.05, 3.63) is 29.8 Å². The number of para-hydroxylation sites is 1. The van der Waals surface area contributed by atoms with E-state index in [4.69, 9.17) is 10.00 Å². The van der Waals surface area contributed by atoms with Gasteiger partial charge in [0, 0.05) is 13.2 Å². The molecule has 1 aliphatic carbocycles. The lowest BCUT2D eigenvalue weighted by molar-refractivity contribution is -0.134. The van der Waals surface area contributed by atoms with E-state index in [-0.39, 0.29) is 17.9 Å². The van der Waals surface area contributed by atoms with E-state index in [0.29, 0.717) is 30.6 Å². The Balaban J connectivity index is 1.61. The van der Waals surface area contributed by atoms with Gasteiger partial charge in [-0.1, -0.05) is 12.1 Å². The molecule has 3 rings (SSSR count). The standard InChI is InChI=1S/C17H19N3O3/c18-10-12-4-1-2-6-14(12)20-16(22)17(7-8-17)15(21)19-11-13-5-3-9-23-13/h1-2,4,6,13H,3,5,7-9,11H2,(H,19,21)(H,20,22). The number of nitriles is 1. The van der Waals surface area contributed by atoms with Gasteiger partial charge in [0.05, 0.1) is 17.4 Å². The largest absolute Gasteiger partial charge is 0.376 e. The second-order valence-corrected chi connectivity index (χ2v) is 6.04. The smallest absolute Gasteiger partial charge is 0.240 e. The molecule has 23 heavy (non-hydrogen) atoms. The molecule has 1 aliphatic heterocycles. The van der Waals surface area contributed by atoms with Crippen molar-refractivity contribution in [1.82, 2.24) is 5.32 Å². The van der Waals surface area contributed by atoms with Crippen LogP contribution in [0.5, 0.6) is 0 Å². The number of anilines is 1. The van der Waals surface area contributed by atoms with Crippen LogP contribution in [0.15, 0.2) is 24.3 Å². The van der Waals surface area contributed by atoms with Crippen LogP contribution in [-0.2, 0) is 14.3 Å². The fourth-order valence-corrected chi connectivity index (χ4v) is 2.79. The van der Waals surface area contributed by atoms with Gasteiger partial charge in [-0.25, -0.2) is 0 Å². The maximum Gasteiger partial charge on any atom is 0.240 e. The molecular formula is C17H19N3O3. The van der Waals surface area contributed by atoms with Gasteiger partial charge in [-0.15, -0.1) is 0 Å². The molecule has 0 aromatic heterocycles. The predicted molar refractivity (Wildman–Crippen MR) is 83.4 cm³/mol. The van der Waals surface area contributed by atoms with Crippen LogP contribution in [0.4, 0.5) is 5.69 Å². The molecule has 2 aliphatic rings. The minimum atomic E-state index is -0.999. The molecule has 0 radical (unpaired) electrons. The summed E-state index contributed by atoms with van der Waals surface area (Å²) in [6.07, 6.45) is 3.07. The fraction of sp³-hybridized carbons (Fsp3) is 0.471. The number of hydrogen-bond donors (Lipinski definition) is 2. The van der Waals surface area contributed by atoms with Gasteiger partial charge in [-0.05, 0) is 37.8 Å². The van der Waals surface area contributed by atoms with Crippen LogP contribution >= 0.6 is 0 Å². The van der Waals surface area contributed by atoms with E-state index in [1.54, 1.807) is 24.3 Å². The highest BCUT2D eigenvalue weighted by Gasteiger charge is 2.56. The zero-order chi connectivity index (χ0) is 16.3. The molecule has 1 aromatic carbocycles. The molecule has 6 heteroatoms. The summed E-state index contributed by atoms with van der Waals surface area (Å²) in [5.74, 6) is -0.593. The third-order valence-electron chi connectivity index (χ3n) is 4.43. The minimum Gasteiger partial charge on any atom is -0.376 e. The van der Waals surface area contributed by atoms with Crippen molar-refractivity contribution in [2.24, 2.45) is 5.41 Å². The number of carbonyl (C=O) groups excluding carboxylic acids is 2. The molecule has 2 amide bonds. The van der Waals surface area contributed by atoms with Gasteiger partial charge in [0.1, 0.15) is 11.5 Å². The number of hydrogen-bond acceptors (Lipinski definition) is 4. The number of nitrogens with one attached hydrogen (secondary N) is 2. The summed E-state index contributed by atoms with van der Waals surface area (Å²) >= 11 is 0. The summed E-state index contributed by atoms with van der Waals surface area (Å²) in [5.41, 5.74) is -0.170. The van der Waals surface area contributed by atoms with E-state index in [2.05, 4.69) is 10.6 Å². The summed E-state index contributed by atoms with van der Waals surface area (Å²) < 4.78 is 5.47. The predicted octanol–water partition coefficient (Wildman–Crippen LogP) is 1.57. The average Bonchev–Trinajstić information content (AvgIpc) is 3.23. The zero-order valence-corrected chi connectivity index (χ0v) is 12.8. The highest BCUT2D eigenvalue weighted by Crippen LogP contribution is 2.47.